The van der Waals surface area contributed by atoms with E-state index in [1.807, 2.05) is 11.4 Å². The predicted molar refractivity (Wildman–Crippen MR) is 86.5 cm³/mol. The van der Waals surface area contributed by atoms with Crippen LogP contribution in [0.5, 0.6) is 0 Å². The Bertz CT molecular complexity index is 664. The van der Waals surface area contributed by atoms with Gasteiger partial charge in [0.05, 0.1) is 5.56 Å². The third-order valence-electron chi connectivity index (χ3n) is 4.27. The van der Waals surface area contributed by atoms with Crippen molar-refractivity contribution >= 4 is 17.2 Å². The fraction of sp³-hybridized carbons (Fsp3) is 0.353. The Kier molecular flexibility index (Phi) is 3.83. The van der Waals surface area contributed by atoms with Crippen LogP contribution in [0, 0.1) is 0 Å². The lowest BCUT2D eigenvalue weighted by atomic mass is 9.79. The lowest BCUT2D eigenvalue weighted by molar-refractivity contribution is 0.100. The Morgan fingerprint density at radius 3 is 2.86 bits per heavy atom. The molecule has 0 aliphatic heterocycles. The molecule has 0 spiro atoms. The number of hydrogen-bond acceptors (Lipinski definition) is 3. The van der Waals surface area contributed by atoms with E-state index >= 15 is 0 Å². The summed E-state index contributed by atoms with van der Waals surface area (Å²) >= 11 is 1.59. The standard InChI is InChI=1S/C17H20N2OS/c1-17(7-6-12-4-2-3-5-13(12)9-17)19-10-15-8-14(11-21-15)16(18)20/h2-5,8,11,19H,6-7,9-10H2,1H3,(H2,18,20)/t17-/m1/s1. The smallest absolute Gasteiger partial charge is 0.249 e. The molecule has 3 rings (SSSR count). The van der Waals surface area contributed by atoms with E-state index in [-0.39, 0.29) is 11.4 Å². The molecule has 2 aromatic rings. The van der Waals surface area contributed by atoms with Crippen molar-refractivity contribution in [2.45, 2.75) is 38.3 Å². The number of fused-ring (bicyclic) bond motifs is 1. The zero-order valence-electron chi connectivity index (χ0n) is 12.2. The van der Waals surface area contributed by atoms with E-state index < -0.39 is 0 Å². The van der Waals surface area contributed by atoms with Crippen LogP contribution in [0.25, 0.3) is 0 Å². The molecule has 0 saturated heterocycles. The number of carbonyl (C=O) groups excluding carboxylic acids is 1. The monoisotopic (exact) mass is 300 g/mol. The molecule has 0 saturated carbocycles. The molecule has 1 aliphatic rings. The molecular weight excluding hydrogens is 280 g/mol. The highest BCUT2D eigenvalue weighted by Crippen LogP contribution is 2.29. The van der Waals surface area contributed by atoms with Crippen LogP contribution in [-0.2, 0) is 19.4 Å². The van der Waals surface area contributed by atoms with Crippen LogP contribution >= 0.6 is 11.3 Å². The minimum atomic E-state index is -0.352. The van der Waals surface area contributed by atoms with Crippen LogP contribution in [0.1, 0.15) is 39.7 Å². The van der Waals surface area contributed by atoms with E-state index in [2.05, 4.69) is 36.5 Å². The molecule has 1 heterocycles. The summed E-state index contributed by atoms with van der Waals surface area (Å²) in [4.78, 5) is 12.3. The first kappa shape index (κ1) is 14.3. The summed E-state index contributed by atoms with van der Waals surface area (Å²) < 4.78 is 0. The minimum Gasteiger partial charge on any atom is -0.366 e. The normalized spacial score (nSPS) is 21.0. The number of nitrogens with one attached hydrogen (secondary N) is 1. The van der Waals surface area contributed by atoms with E-state index in [1.54, 1.807) is 11.3 Å². The molecule has 1 atom stereocenters. The number of carbonyl (C=O) groups is 1. The highest BCUT2D eigenvalue weighted by Gasteiger charge is 2.29. The van der Waals surface area contributed by atoms with Crippen LogP contribution in [0.2, 0.25) is 0 Å². The van der Waals surface area contributed by atoms with Crippen molar-refractivity contribution in [3.63, 3.8) is 0 Å². The number of amides is 1. The number of nitrogens with two attached hydrogens (primary N) is 1. The number of aryl methyl sites for hydroxylation is 1. The van der Waals surface area contributed by atoms with Crippen molar-refractivity contribution in [1.82, 2.24) is 5.32 Å². The van der Waals surface area contributed by atoms with E-state index in [0.29, 0.717) is 5.56 Å². The van der Waals surface area contributed by atoms with Crippen LogP contribution < -0.4 is 11.1 Å². The molecule has 1 aromatic heterocycles. The molecule has 0 unspecified atom stereocenters. The van der Waals surface area contributed by atoms with Gasteiger partial charge in [-0.25, -0.2) is 0 Å². The largest absolute Gasteiger partial charge is 0.366 e. The van der Waals surface area contributed by atoms with Gasteiger partial charge in [-0.05, 0) is 43.4 Å². The molecule has 3 nitrogen and oxygen atoms in total. The SMILES string of the molecule is C[C@@]1(NCc2cc(C(N)=O)cs2)CCc2ccccc2C1. The lowest BCUT2D eigenvalue weighted by Gasteiger charge is -2.36. The van der Waals surface area contributed by atoms with Crippen molar-refractivity contribution < 1.29 is 4.79 Å². The number of primary amides is 1. The Morgan fingerprint density at radius 2 is 2.14 bits per heavy atom. The fourth-order valence-electron chi connectivity index (χ4n) is 2.95. The zero-order valence-corrected chi connectivity index (χ0v) is 13.0. The second-order valence-electron chi connectivity index (χ2n) is 6.03. The topological polar surface area (TPSA) is 55.1 Å². The van der Waals surface area contributed by atoms with Crippen molar-refractivity contribution in [2.75, 3.05) is 0 Å². The summed E-state index contributed by atoms with van der Waals surface area (Å²) in [5.74, 6) is -0.352. The third kappa shape index (κ3) is 3.17. The number of rotatable bonds is 4. The van der Waals surface area contributed by atoms with Gasteiger partial charge >= 0.3 is 0 Å². The van der Waals surface area contributed by atoms with Crippen LogP contribution in [0.4, 0.5) is 0 Å². The van der Waals surface area contributed by atoms with Gasteiger partial charge in [-0.15, -0.1) is 11.3 Å². The molecule has 0 bridgehead atoms. The average molecular weight is 300 g/mol. The van der Waals surface area contributed by atoms with Gasteiger partial charge in [-0.3, -0.25) is 4.79 Å². The van der Waals surface area contributed by atoms with Gasteiger partial charge in [0.1, 0.15) is 0 Å². The molecule has 0 fully saturated rings. The van der Waals surface area contributed by atoms with Gasteiger partial charge in [0.15, 0.2) is 0 Å². The molecule has 4 heteroatoms. The van der Waals surface area contributed by atoms with Crippen LogP contribution in [0.15, 0.2) is 35.7 Å². The summed E-state index contributed by atoms with van der Waals surface area (Å²) in [6.45, 7) is 3.07. The summed E-state index contributed by atoms with van der Waals surface area (Å²) in [6, 6.07) is 10.6. The van der Waals surface area contributed by atoms with E-state index in [0.717, 1.165) is 30.7 Å². The quantitative estimate of drug-likeness (QED) is 0.912. The van der Waals surface area contributed by atoms with Crippen LogP contribution in [0.3, 0.4) is 0 Å². The Labute approximate surface area is 129 Å². The van der Waals surface area contributed by atoms with Gasteiger partial charge in [-0.1, -0.05) is 24.3 Å². The van der Waals surface area contributed by atoms with E-state index in [4.69, 9.17) is 5.73 Å². The third-order valence-corrected chi connectivity index (χ3v) is 5.21. The second-order valence-corrected chi connectivity index (χ2v) is 7.02. The van der Waals surface area contributed by atoms with Crippen molar-refractivity contribution in [1.29, 1.82) is 0 Å². The number of thiophene rings is 1. The maximum atomic E-state index is 11.1. The summed E-state index contributed by atoms with van der Waals surface area (Å²) in [6.07, 6.45) is 3.31. The molecule has 1 aliphatic carbocycles. The van der Waals surface area contributed by atoms with Crippen LogP contribution in [-0.4, -0.2) is 11.4 Å². The van der Waals surface area contributed by atoms with E-state index in [1.165, 1.54) is 11.1 Å². The van der Waals surface area contributed by atoms with Gasteiger partial charge in [0.2, 0.25) is 5.91 Å². The summed E-state index contributed by atoms with van der Waals surface area (Å²) in [5.41, 5.74) is 8.94. The molecule has 110 valence electrons. The van der Waals surface area contributed by atoms with Gasteiger partial charge in [-0.2, -0.15) is 0 Å². The Morgan fingerprint density at radius 1 is 1.38 bits per heavy atom. The average Bonchev–Trinajstić information content (AvgIpc) is 2.94. The number of hydrogen-bond donors (Lipinski definition) is 2. The first-order valence-electron chi connectivity index (χ1n) is 7.25. The highest BCUT2D eigenvalue weighted by molar-refractivity contribution is 7.10. The van der Waals surface area contributed by atoms with Gasteiger partial charge in [0, 0.05) is 22.3 Å². The first-order valence-corrected chi connectivity index (χ1v) is 8.13. The molecule has 1 aromatic carbocycles. The molecule has 21 heavy (non-hydrogen) atoms. The van der Waals surface area contributed by atoms with E-state index in [9.17, 15) is 4.79 Å². The molecule has 3 N–H and O–H groups in total. The maximum Gasteiger partial charge on any atom is 0.249 e. The fourth-order valence-corrected chi connectivity index (χ4v) is 3.76. The highest BCUT2D eigenvalue weighted by atomic mass is 32.1. The van der Waals surface area contributed by atoms with Crippen molar-refractivity contribution in [3.05, 3.63) is 57.3 Å². The number of benzene rings is 1. The Hall–Kier alpha value is -1.65. The van der Waals surface area contributed by atoms with Gasteiger partial charge in [0.25, 0.3) is 0 Å². The van der Waals surface area contributed by atoms with Gasteiger partial charge < -0.3 is 11.1 Å². The summed E-state index contributed by atoms with van der Waals surface area (Å²) in [7, 11) is 0. The lowest BCUT2D eigenvalue weighted by Crippen LogP contribution is -2.46. The predicted octanol–water partition coefficient (Wildman–Crippen LogP) is 2.88. The molecule has 0 radical (unpaired) electrons. The first-order chi connectivity index (χ1) is 10.1. The molecule has 1 amide bonds. The second kappa shape index (κ2) is 5.62. The minimum absolute atomic E-state index is 0.116. The Balaban J connectivity index is 1.66. The zero-order chi connectivity index (χ0) is 14.9. The van der Waals surface area contributed by atoms with Crippen molar-refractivity contribution in [3.8, 4) is 0 Å². The van der Waals surface area contributed by atoms with Crippen molar-refractivity contribution in [2.24, 2.45) is 5.73 Å². The molecular formula is C17H20N2OS. The maximum absolute atomic E-state index is 11.1. The summed E-state index contributed by atoms with van der Waals surface area (Å²) in [5, 5.41) is 5.50.